The molecular weight excluding hydrogens is 278 g/mol. The number of nitrogens with zero attached hydrogens (tertiary/aromatic N) is 1. The maximum atomic E-state index is 12.2. The van der Waals surface area contributed by atoms with Gasteiger partial charge < -0.3 is 9.84 Å². The van der Waals surface area contributed by atoms with E-state index in [-0.39, 0.29) is 6.61 Å². The van der Waals surface area contributed by atoms with Crippen molar-refractivity contribution in [2.24, 2.45) is 0 Å². The van der Waals surface area contributed by atoms with E-state index in [0.29, 0.717) is 17.0 Å². The number of fused-ring (bicyclic) bond motifs is 1. The van der Waals surface area contributed by atoms with Gasteiger partial charge in [-0.3, -0.25) is 4.57 Å². The van der Waals surface area contributed by atoms with Crippen LogP contribution in [0.5, 0.6) is 0 Å². The van der Waals surface area contributed by atoms with E-state index in [9.17, 15) is 4.79 Å². The normalized spacial score (nSPS) is 11.8. The van der Waals surface area contributed by atoms with E-state index in [2.05, 4.69) is 0 Å². The van der Waals surface area contributed by atoms with Gasteiger partial charge in [0.25, 0.3) is 0 Å². The fraction of sp³-hybridized carbons (Fsp3) is 0.400. The lowest BCUT2D eigenvalue weighted by Crippen LogP contribution is -2.26. The number of carbonyl (C=O) groups excluding carboxylic acids is 1. The summed E-state index contributed by atoms with van der Waals surface area (Å²) in [5, 5.41) is 10.6. The van der Waals surface area contributed by atoms with Gasteiger partial charge in [0.05, 0.1) is 5.52 Å². The number of benzene rings is 1. The van der Waals surface area contributed by atoms with E-state index in [1.54, 1.807) is 18.3 Å². The Morgan fingerprint density at radius 3 is 2.70 bits per heavy atom. The van der Waals surface area contributed by atoms with Crippen LogP contribution in [0.15, 0.2) is 24.4 Å². The number of aromatic nitrogens is 1. The molecule has 0 aliphatic rings. The molecule has 2 rings (SSSR count). The molecule has 0 saturated carbocycles. The van der Waals surface area contributed by atoms with Crippen LogP contribution in [-0.2, 0) is 11.2 Å². The topological polar surface area (TPSA) is 51.5 Å². The lowest BCUT2D eigenvalue weighted by atomic mass is 10.1. The average molecular weight is 296 g/mol. The molecule has 0 atom stereocenters. The zero-order valence-electron chi connectivity index (χ0n) is 11.8. The maximum absolute atomic E-state index is 12.2. The van der Waals surface area contributed by atoms with Crippen molar-refractivity contribution < 1.29 is 14.6 Å². The van der Waals surface area contributed by atoms with Crippen LogP contribution >= 0.6 is 11.6 Å². The van der Waals surface area contributed by atoms with Crippen molar-refractivity contribution in [3.05, 3.63) is 35.0 Å². The van der Waals surface area contributed by atoms with Crippen LogP contribution in [-0.4, -0.2) is 28.0 Å². The fourth-order valence-corrected chi connectivity index (χ4v) is 2.22. The molecular formula is C15H18ClNO3. The Morgan fingerprint density at radius 2 is 2.10 bits per heavy atom. The first-order valence-corrected chi connectivity index (χ1v) is 6.83. The first-order valence-electron chi connectivity index (χ1n) is 6.45. The van der Waals surface area contributed by atoms with Gasteiger partial charge in [-0.2, -0.15) is 0 Å². The third-order valence-corrected chi connectivity index (χ3v) is 3.06. The van der Waals surface area contributed by atoms with Crippen LogP contribution in [0.1, 0.15) is 26.3 Å². The Bertz CT molecular complexity index is 640. The molecule has 20 heavy (non-hydrogen) atoms. The molecule has 0 bridgehead atoms. The molecule has 0 spiro atoms. The van der Waals surface area contributed by atoms with E-state index >= 15 is 0 Å². The average Bonchev–Trinajstić information content (AvgIpc) is 2.66. The maximum Gasteiger partial charge on any atom is 0.419 e. The Balaban J connectivity index is 2.52. The number of ether oxygens (including phenoxy) is 1. The van der Waals surface area contributed by atoms with Crippen LogP contribution in [0.2, 0.25) is 5.02 Å². The fourth-order valence-electron chi connectivity index (χ4n) is 2.05. The van der Waals surface area contributed by atoms with Crippen LogP contribution in [0.4, 0.5) is 4.79 Å². The number of carbonyl (C=O) groups is 1. The predicted molar refractivity (Wildman–Crippen MR) is 79.4 cm³/mol. The minimum absolute atomic E-state index is 0.0239. The lowest BCUT2D eigenvalue weighted by molar-refractivity contribution is 0.0544. The second kappa shape index (κ2) is 5.46. The molecule has 1 heterocycles. The van der Waals surface area contributed by atoms with Gasteiger partial charge in [0.2, 0.25) is 0 Å². The first kappa shape index (κ1) is 14.9. The Hall–Kier alpha value is -1.52. The van der Waals surface area contributed by atoms with Gasteiger partial charge in [-0.05, 0) is 44.9 Å². The van der Waals surface area contributed by atoms with Crippen LogP contribution in [0, 0.1) is 0 Å². The zero-order valence-corrected chi connectivity index (χ0v) is 12.6. The molecule has 1 aromatic carbocycles. The molecule has 0 fully saturated rings. The Kier molecular flexibility index (Phi) is 4.06. The monoisotopic (exact) mass is 295 g/mol. The summed E-state index contributed by atoms with van der Waals surface area (Å²) in [6, 6.07) is 5.34. The molecule has 5 heteroatoms. The minimum Gasteiger partial charge on any atom is -0.443 e. The second-order valence-corrected chi connectivity index (χ2v) is 6.08. The van der Waals surface area contributed by atoms with Crippen LogP contribution < -0.4 is 0 Å². The quantitative estimate of drug-likeness (QED) is 0.921. The van der Waals surface area contributed by atoms with Crippen molar-refractivity contribution in [1.82, 2.24) is 4.57 Å². The minimum atomic E-state index is -0.566. The molecule has 0 amide bonds. The highest BCUT2D eigenvalue weighted by Crippen LogP contribution is 2.26. The zero-order chi connectivity index (χ0) is 14.9. The van der Waals surface area contributed by atoms with Crippen molar-refractivity contribution in [3.8, 4) is 0 Å². The summed E-state index contributed by atoms with van der Waals surface area (Å²) in [6.07, 6.45) is 1.73. The van der Waals surface area contributed by atoms with E-state index in [1.807, 2.05) is 26.8 Å². The third kappa shape index (κ3) is 3.14. The number of halogens is 1. The highest BCUT2D eigenvalue weighted by atomic mass is 35.5. The standard InChI is InChI=1S/C15H18ClNO3/c1-15(2,3)20-14(19)17-9-10(6-7-18)12-5-4-11(16)8-13(12)17/h4-5,8-9,18H,6-7H2,1-3H3. The summed E-state index contributed by atoms with van der Waals surface area (Å²) < 4.78 is 6.82. The second-order valence-electron chi connectivity index (χ2n) is 5.64. The molecule has 108 valence electrons. The summed E-state index contributed by atoms with van der Waals surface area (Å²) in [5.41, 5.74) is 1.02. The van der Waals surface area contributed by atoms with Crippen LogP contribution in [0.25, 0.3) is 10.9 Å². The summed E-state index contributed by atoms with van der Waals surface area (Å²) in [5.74, 6) is 0. The molecule has 1 N–H and O–H groups in total. The molecule has 1 aromatic heterocycles. The highest BCUT2D eigenvalue weighted by Gasteiger charge is 2.20. The van der Waals surface area contributed by atoms with E-state index in [0.717, 1.165) is 10.9 Å². The van der Waals surface area contributed by atoms with Crippen molar-refractivity contribution >= 4 is 28.6 Å². The number of rotatable bonds is 2. The molecule has 0 radical (unpaired) electrons. The van der Waals surface area contributed by atoms with Gasteiger partial charge in [-0.25, -0.2) is 4.79 Å². The number of hydrogen-bond donors (Lipinski definition) is 1. The van der Waals surface area contributed by atoms with E-state index in [1.165, 1.54) is 4.57 Å². The van der Waals surface area contributed by atoms with Gasteiger partial charge in [0.1, 0.15) is 5.60 Å². The van der Waals surface area contributed by atoms with Crippen molar-refractivity contribution in [2.45, 2.75) is 32.8 Å². The largest absolute Gasteiger partial charge is 0.443 e. The van der Waals surface area contributed by atoms with E-state index < -0.39 is 11.7 Å². The molecule has 2 aromatic rings. The summed E-state index contributed by atoms with van der Waals surface area (Å²) in [7, 11) is 0. The lowest BCUT2D eigenvalue weighted by Gasteiger charge is -2.19. The summed E-state index contributed by atoms with van der Waals surface area (Å²) in [6.45, 7) is 5.48. The predicted octanol–water partition coefficient (Wildman–Crippen LogP) is 3.61. The van der Waals surface area contributed by atoms with Gasteiger partial charge in [-0.1, -0.05) is 17.7 Å². The highest BCUT2D eigenvalue weighted by molar-refractivity contribution is 6.31. The van der Waals surface area contributed by atoms with Crippen molar-refractivity contribution in [3.63, 3.8) is 0 Å². The first-order chi connectivity index (χ1) is 9.31. The Labute approximate surface area is 122 Å². The van der Waals surface area contributed by atoms with Crippen molar-refractivity contribution in [1.29, 1.82) is 0 Å². The smallest absolute Gasteiger partial charge is 0.419 e. The number of hydrogen-bond acceptors (Lipinski definition) is 3. The SMILES string of the molecule is CC(C)(C)OC(=O)n1cc(CCO)c2ccc(Cl)cc21. The van der Waals surface area contributed by atoms with Gasteiger partial charge in [0, 0.05) is 23.2 Å². The van der Waals surface area contributed by atoms with Crippen molar-refractivity contribution in [2.75, 3.05) is 6.61 Å². The van der Waals surface area contributed by atoms with Gasteiger partial charge in [-0.15, -0.1) is 0 Å². The molecule has 0 unspecified atom stereocenters. The third-order valence-electron chi connectivity index (χ3n) is 2.82. The van der Waals surface area contributed by atoms with Crippen LogP contribution in [0.3, 0.4) is 0 Å². The Morgan fingerprint density at radius 1 is 1.40 bits per heavy atom. The summed E-state index contributed by atoms with van der Waals surface area (Å²) in [4.78, 5) is 12.2. The molecule has 0 saturated heterocycles. The van der Waals surface area contributed by atoms with E-state index in [4.69, 9.17) is 21.4 Å². The summed E-state index contributed by atoms with van der Waals surface area (Å²) >= 11 is 6.00. The molecule has 0 aliphatic carbocycles. The van der Waals surface area contributed by atoms with Gasteiger partial charge in [0.15, 0.2) is 0 Å². The molecule has 0 aliphatic heterocycles. The van der Waals surface area contributed by atoms with Gasteiger partial charge >= 0.3 is 6.09 Å². The number of aliphatic hydroxyl groups is 1. The number of aliphatic hydroxyl groups excluding tert-OH is 1. The molecule has 4 nitrogen and oxygen atoms in total.